The Balaban J connectivity index is 0.00000300. The monoisotopic (exact) mass is 516 g/mol. The van der Waals surface area contributed by atoms with Gasteiger partial charge in [-0.3, -0.25) is 0 Å². The van der Waals surface area contributed by atoms with E-state index in [2.05, 4.69) is 30.4 Å². The summed E-state index contributed by atoms with van der Waals surface area (Å²) < 4.78 is 21.2. The zero-order valence-electron chi connectivity index (χ0n) is 17.0. The minimum atomic E-state index is -0.306. The molecular weight excluding hydrogens is 486 g/mol. The maximum absolute atomic E-state index is 13.3. The number of ether oxygens (including phenoxy) is 1. The summed E-state index contributed by atoms with van der Waals surface area (Å²) >= 11 is 0. The molecule has 0 saturated carbocycles. The molecule has 7 nitrogen and oxygen atoms in total. The number of halogens is 2. The number of aliphatic imine (C=N–C) groups is 1. The molecule has 0 saturated heterocycles. The van der Waals surface area contributed by atoms with Gasteiger partial charge in [0.2, 0.25) is 0 Å². The molecule has 0 amide bonds. The average Bonchev–Trinajstić information content (AvgIpc) is 2.90. The Kier molecular flexibility index (Phi) is 9.62. The molecule has 1 atom stereocenters. The number of rotatable bonds is 7. The SMILES string of the molecule is CCNC(=NCc1nnc2n1CCCCC2)NCC(C)Oc1cccc(F)c1.I. The smallest absolute Gasteiger partial charge is 0.191 e. The summed E-state index contributed by atoms with van der Waals surface area (Å²) in [6.45, 7) is 6.69. The zero-order chi connectivity index (χ0) is 19.8. The minimum Gasteiger partial charge on any atom is -0.489 e. The van der Waals surface area contributed by atoms with Crippen molar-refractivity contribution in [1.82, 2.24) is 25.4 Å². The first-order chi connectivity index (χ1) is 13.7. The maximum Gasteiger partial charge on any atom is 0.191 e. The quantitative estimate of drug-likeness (QED) is 0.336. The summed E-state index contributed by atoms with van der Waals surface area (Å²) in [5, 5.41) is 15.1. The number of fused-ring (bicyclic) bond motifs is 1. The summed E-state index contributed by atoms with van der Waals surface area (Å²) in [5.74, 6) is 2.88. The molecule has 2 heterocycles. The first-order valence-electron chi connectivity index (χ1n) is 10.0. The number of hydrogen-bond acceptors (Lipinski definition) is 4. The Hall–Kier alpha value is -1.91. The molecule has 2 aromatic rings. The minimum absolute atomic E-state index is 0. The number of nitrogens with one attached hydrogen (secondary N) is 2. The van der Waals surface area contributed by atoms with Crippen LogP contribution < -0.4 is 15.4 Å². The highest BCUT2D eigenvalue weighted by molar-refractivity contribution is 14.0. The first kappa shape index (κ1) is 23.4. The lowest BCUT2D eigenvalue weighted by Gasteiger charge is -2.17. The average molecular weight is 516 g/mol. The van der Waals surface area contributed by atoms with Gasteiger partial charge in [-0.25, -0.2) is 9.38 Å². The topological polar surface area (TPSA) is 76.4 Å². The van der Waals surface area contributed by atoms with Crippen molar-refractivity contribution in [3.8, 4) is 5.75 Å². The van der Waals surface area contributed by atoms with E-state index in [0.717, 1.165) is 37.6 Å². The van der Waals surface area contributed by atoms with E-state index < -0.39 is 0 Å². The van der Waals surface area contributed by atoms with Crippen LogP contribution in [-0.2, 0) is 19.5 Å². The van der Waals surface area contributed by atoms with Crippen LogP contribution in [-0.4, -0.2) is 39.9 Å². The van der Waals surface area contributed by atoms with Gasteiger partial charge < -0.3 is 19.9 Å². The third-order valence-electron chi connectivity index (χ3n) is 4.60. The fourth-order valence-electron chi connectivity index (χ4n) is 3.21. The molecule has 3 rings (SSSR count). The summed E-state index contributed by atoms with van der Waals surface area (Å²) in [6, 6.07) is 6.16. The van der Waals surface area contributed by atoms with Crippen LogP contribution in [0.2, 0.25) is 0 Å². The van der Waals surface area contributed by atoms with Crippen molar-refractivity contribution >= 4 is 29.9 Å². The van der Waals surface area contributed by atoms with Gasteiger partial charge >= 0.3 is 0 Å². The summed E-state index contributed by atoms with van der Waals surface area (Å²) in [7, 11) is 0. The van der Waals surface area contributed by atoms with Crippen LogP contribution in [0.4, 0.5) is 4.39 Å². The lowest BCUT2D eigenvalue weighted by molar-refractivity contribution is 0.223. The van der Waals surface area contributed by atoms with E-state index in [9.17, 15) is 4.39 Å². The molecule has 160 valence electrons. The van der Waals surface area contributed by atoms with Crippen molar-refractivity contribution in [2.75, 3.05) is 13.1 Å². The predicted octanol–water partition coefficient (Wildman–Crippen LogP) is 3.28. The molecule has 1 unspecified atom stereocenters. The summed E-state index contributed by atoms with van der Waals surface area (Å²) in [5.41, 5.74) is 0. The number of hydrogen-bond donors (Lipinski definition) is 2. The maximum atomic E-state index is 13.3. The van der Waals surface area contributed by atoms with E-state index in [1.807, 2.05) is 13.8 Å². The molecule has 29 heavy (non-hydrogen) atoms. The number of nitrogens with zero attached hydrogens (tertiary/aromatic N) is 4. The van der Waals surface area contributed by atoms with Gasteiger partial charge in [0.1, 0.15) is 30.0 Å². The van der Waals surface area contributed by atoms with Gasteiger partial charge in [0, 0.05) is 25.6 Å². The molecule has 0 spiro atoms. The Morgan fingerprint density at radius 2 is 2.14 bits per heavy atom. The van der Waals surface area contributed by atoms with Crippen molar-refractivity contribution in [3.05, 3.63) is 41.7 Å². The number of aryl methyl sites for hydroxylation is 1. The third-order valence-corrected chi connectivity index (χ3v) is 4.60. The largest absolute Gasteiger partial charge is 0.489 e. The molecule has 0 aliphatic carbocycles. The van der Waals surface area contributed by atoms with Gasteiger partial charge in [-0.2, -0.15) is 0 Å². The van der Waals surface area contributed by atoms with Crippen molar-refractivity contribution in [1.29, 1.82) is 0 Å². The highest BCUT2D eigenvalue weighted by atomic mass is 127. The van der Waals surface area contributed by atoms with E-state index in [4.69, 9.17) is 4.74 Å². The van der Waals surface area contributed by atoms with Crippen LogP contribution in [0.15, 0.2) is 29.3 Å². The fraction of sp³-hybridized carbons (Fsp3) is 0.550. The second kappa shape index (κ2) is 11.9. The van der Waals surface area contributed by atoms with Crippen LogP contribution in [0.25, 0.3) is 0 Å². The van der Waals surface area contributed by atoms with Crippen molar-refractivity contribution < 1.29 is 9.13 Å². The van der Waals surface area contributed by atoms with E-state index in [1.54, 1.807) is 12.1 Å². The van der Waals surface area contributed by atoms with Crippen LogP contribution in [0.1, 0.15) is 44.8 Å². The van der Waals surface area contributed by atoms with Crippen LogP contribution in [0, 0.1) is 5.82 Å². The fourth-order valence-corrected chi connectivity index (χ4v) is 3.21. The molecule has 0 radical (unpaired) electrons. The third kappa shape index (κ3) is 7.13. The summed E-state index contributed by atoms with van der Waals surface area (Å²) in [4.78, 5) is 4.64. The van der Waals surface area contributed by atoms with E-state index >= 15 is 0 Å². The van der Waals surface area contributed by atoms with Gasteiger partial charge in [-0.1, -0.05) is 12.5 Å². The van der Waals surface area contributed by atoms with Crippen LogP contribution in [0.5, 0.6) is 5.75 Å². The number of aromatic nitrogens is 3. The van der Waals surface area contributed by atoms with Gasteiger partial charge in [0.05, 0.1) is 6.54 Å². The highest BCUT2D eigenvalue weighted by Crippen LogP contribution is 2.15. The lowest BCUT2D eigenvalue weighted by atomic mass is 10.2. The van der Waals surface area contributed by atoms with E-state index in [-0.39, 0.29) is 35.9 Å². The molecular formula is C20H30FIN6O. The Bertz CT molecular complexity index is 797. The zero-order valence-corrected chi connectivity index (χ0v) is 19.4. The van der Waals surface area contributed by atoms with Crippen LogP contribution in [0.3, 0.4) is 0 Å². The van der Waals surface area contributed by atoms with Crippen LogP contribution >= 0.6 is 24.0 Å². The van der Waals surface area contributed by atoms with Gasteiger partial charge in [0.25, 0.3) is 0 Å². The molecule has 1 aromatic carbocycles. The second-order valence-electron chi connectivity index (χ2n) is 6.96. The molecule has 1 aromatic heterocycles. The lowest BCUT2D eigenvalue weighted by Crippen LogP contribution is -2.41. The van der Waals surface area contributed by atoms with E-state index in [1.165, 1.54) is 25.0 Å². The molecule has 2 N–H and O–H groups in total. The van der Waals surface area contributed by atoms with Gasteiger partial charge in [0.15, 0.2) is 11.8 Å². The normalized spacial score (nSPS) is 14.9. The predicted molar refractivity (Wildman–Crippen MR) is 122 cm³/mol. The molecule has 9 heteroatoms. The Labute approximate surface area is 188 Å². The first-order valence-corrected chi connectivity index (χ1v) is 10.0. The Morgan fingerprint density at radius 1 is 1.28 bits per heavy atom. The number of benzene rings is 1. The molecule has 0 bridgehead atoms. The summed E-state index contributed by atoms with van der Waals surface area (Å²) in [6.07, 6.45) is 4.42. The van der Waals surface area contributed by atoms with Crippen molar-refractivity contribution in [2.24, 2.45) is 4.99 Å². The van der Waals surface area contributed by atoms with Gasteiger partial charge in [-0.05, 0) is 38.8 Å². The standard InChI is InChI=1S/C20H29FN6O.HI/c1-3-22-20(23-13-15(2)28-17-9-7-8-16(21)12-17)24-14-19-26-25-18-10-5-4-6-11-27(18)19;/h7-9,12,15H,3-6,10-11,13-14H2,1-2H3,(H2,22,23,24);1H. The molecule has 1 aliphatic rings. The van der Waals surface area contributed by atoms with Crippen molar-refractivity contribution in [2.45, 2.75) is 58.7 Å². The molecule has 1 aliphatic heterocycles. The number of guanidine groups is 1. The van der Waals surface area contributed by atoms with E-state index in [0.29, 0.717) is 24.8 Å². The highest BCUT2D eigenvalue weighted by Gasteiger charge is 2.14. The molecule has 0 fully saturated rings. The Morgan fingerprint density at radius 3 is 2.93 bits per heavy atom. The van der Waals surface area contributed by atoms with Gasteiger partial charge in [-0.15, -0.1) is 34.2 Å². The van der Waals surface area contributed by atoms with Crippen molar-refractivity contribution in [3.63, 3.8) is 0 Å². The second-order valence-corrected chi connectivity index (χ2v) is 6.96.